The van der Waals surface area contributed by atoms with Crippen LogP contribution in [0, 0.1) is 0 Å². The molecule has 1 aromatic rings. The average Bonchev–Trinajstić information content (AvgIpc) is 2.30. The normalized spacial score (nSPS) is 10.3. The Hall–Kier alpha value is -1.83. The van der Waals surface area contributed by atoms with E-state index in [1.54, 1.807) is 12.2 Å². The molecule has 1 aromatic carbocycles. The second-order valence-electron chi connectivity index (χ2n) is 3.52. The van der Waals surface area contributed by atoms with E-state index in [9.17, 15) is 4.79 Å². The van der Waals surface area contributed by atoms with Crippen LogP contribution < -0.4 is 5.32 Å². The van der Waals surface area contributed by atoms with Crippen LogP contribution in [0.2, 0.25) is 0 Å². The molecule has 0 aromatic heterocycles. The van der Waals surface area contributed by atoms with Crippen molar-refractivity contribution in [3.63, 3.8) is 0 Å². The van der Waals surface area contributed by atoms with Crippen molar-refractivity contribution in [3.05, 3.63) is 60.2 Å². The molecule has 0 saturated heterocycles. The maximum Gasteiger partial charge on any atom is 0.250 e. The van der Waals surface area contributed by atoms with E-state index < -0.39 is 0 Å². The van der Waals surface area contributed by atoms with Crippen molar-refractivity contribution >= 4 is 5.91 Å². The largest absolute Gasteiger partial charge is 0.352 e. The van der Waals surface area contributed by atoms with Crippen LogP contribution in [0.5, 0.6) is 0 Å². The summed E-state index contributed by atoms with van der Waals surface area (Å²) in [6, 6.07) is 10.1. The number of rotatable bonds is 5. The zero-order valence-electron chi connectivity index (χ0n) is 9.57. The van der Waals surface area contributed by atoms with Gasteiger partial charge in [0.05, 0.1) is 0 Å². The average molecular weight is 215 g/mol. The summed E-state index contributed by atoms with van der Waals surface area (Å²) in [5, 5.41) is 2.83. The van der Waals surface area contributed by atoms with Crippen molar-refractivity contribution in [2.45, 2.75) is 13.3 Å². The van der Waals surface area contributed by atoms with Crippen molar-refractivity contribution in [1.29, 1.82) is 0 Å². The van der Waals surface area contributed by atoms with E-state index in [1.165, 1.54) is 5.56 Å². The lowest BCUT2D eigenvalue weighted by Crippen LogP contribution is -2.26. The van der Waals surface area contributed by atoms with Crippen molar-refractivity contribution in [2.24, 2.45) is 0 Å². The van der Waals surface area contributed by atoms with Gasteiger partial charge < -0.3 is 5.32 Å². The Kier molecular flexibility index (Phi) is 5.06. The van der Waals surface area contributed by atoms with Gasteiger partial charge in [0.25, 0.3) is 5.91 Å². The molecule has 2 heteroatoms. The predicted molar refractivity (Wildman–Crippen MR) is 67.1 cm³/mol. The van der Waals surface area contributed by atoms with Gasteiger partial charge in [0.2, 0.25) is 0 Å². The van der Waals surface area contributed by atoms with Gasteiger partial charge in [0.15, 0.2) is 0 Å². The van der Waals surface area contributed by atoms with Gasteiger partial charge in [0, 0.05) is 12.1 Å². The Morgan fingerprint density at radius 2 is 2.06 bits per heavy atom. The summed E-state index contributed by atoms with van der Waals surface area (Å²) >= 11 is 0. The Bertz CT molecular complexity index is 379. The SMILES string of the molecule is C=C(C=CC)C(=O)NCCc1ccccc1. The van der Waals surface area contributed by atoms with Crippen LogP contribution in [0.15, 0.2) is 54.6 Å². The number of benzene rings is 1. The molecule has 1 N–H and O–H groups in total. The quantitative estimate of drug-likeness (QED) is 0.593. The molecule has 0 fully saturated rings. The molecular weight excluding hydrogens is 198 g/mol. The van der Waals surface area contributed by atoms with Gasteiger partial charge in [0.1, 0.15) is 0 Å². The van der Waals surface area contributed by atoms with E-state index in [0.29, 0.717) is 12.1 Å². The van der Waals surface area contributed by atoms with Gasteiger partial charge in [-0.3, -0.25) is 4.79 Å². The van der Waals surface area contributed by atoms with Crippen molar-refractivity contribution in [3.8, 4) is 0 Å². The highest BCUT2D eigenvalue weighted by molar-refractivity contribution is 5.95. The molecule has 2 nitrogen and oxygen atoms in total. The summed E-state index contributed by atoms with van der Waals surface area (Å²) in [5.41, 5.74) is 1.72. The smallest absolute Gasteiger partial charge is 0.250 e. The van der Waals surface area contributed by atoms with E-state index in [-0.39, 0.29) is 5.91 Å². The Labute approximate surface area is 96.7 Å². The third kappa shape index (κ3) is 4.13. The van der Waals surface area contributed by atoms with Crippen LogP contribution >= 0.6 is 0 Å². The second-order valence-corrected chi connectivity index (χ2v) is 3.52. The molecule has 0 aliphatic carbocycles. The van der Waals surface area contributed by atoms with E-state index >= 15 is 0 Å². The highest BCUT2D eigenvalue weighted by Crippen LogP contribution is 1.99. The first-order chi connectivity index (χ1) is 7.74. The van der Waals surface area contributed by atoms with Crippen LogP contribution in [0.3, 0.4) is 0 Å². The lowest BCUT2D eigenvalue weighted by atomic mass is 10.1. The zero-order chi connectivity index (χ0) is 11.8. The molecule has 84 valence electrons. The lowest BCUT2D eigenvalue weighted by molar-refractivity contribution is -0.117. The fourth-order valence-corrected chi connectivity index (χ4v) is 1.36. The molecule has 16 heavy (non-hydrogen) atoms. The third-order valence-corrected chi connectivity index (χ3v) is 2.20. The van der Waals surface area contributed by atoms with Gasteiger partial charge in [-0.05, 0) is 18.9 Å². The molecule has 0 aliphatic heterocycles. The lowest BCUT2D eigenvalue weighted by Gasteiger charge is -2.04. The third-order valence-electron chi connectivity index (χ3n) is 2.20. The highest BCUT2D eigenvalue weighted by atomic mass is 16.1. The molecule has 1 rings (SSSR count). The van der Waals surface area contributed by atoms with Crippen molar-refractivity contribution in [2.75, 3.05) is 6.54 Å². The number of allylic oxidation sites excluding steroid dienone is 1. The second kappa shape index (κ2) is 6.62. The first kappa shape index (κ1) is 12.2. The fourth-order valence-electron chi connectivity index (χ4n) is 1.36. The maximum absolute atomic E-state index is 11.5. The Morgan fingerprint density at radius 1 is 1.38 bits per heavy atom. The molecule has 0 bridgehead atoms. The monoisotopic (exact) mass is 215 g/mol. The van der Waals surface area contributed by atoms with Crippen LogP contribution in [0.4, 0.5) is 0 Å². The first-order valence-electron chi connectivity index (χ1n) is 5.37. The molecular formula is C14H17NO. The van der Waals surface area contributed by atoms with Crippen LogP contribution in [0.1, 0.15) is 12.5 Å². The van der Waals surface area contributed by atoms with Crippen LogP contribution in [-0.4, -0.2) is 12.5 Å². The van der Waals surface area contributed by atoms with Crippen molar-refractivity contribution < 1.29 is 4.79 Å². The minimum absolute atomic E-state index is 0.103. The number of hydrogen-bond donors (Lipinski definition) is 1. The Morgan fingerprint density at radius 3 is 2.69 bits per heavy atom. The minimum atomic E-state index is -0.103. The molecule has 0 atom stereocenters. The number of carbonyl (C=O) groups is 1. The Balaban J connectivity index is 2.31. The zero-order valence-corrected chi connectivity index (χ0v) is 9.57. The topological polar surface area (TPSA) is 29.1 Å². The van der Waals surface area contributed by atoms with Crippen LogP contribution in [0.25, 0.3) is 0 Å². The van der Waals surface area contributed by atoms with Gasteiger partial charge in [-0.25, -0.2) is 0 Å². The molecule has 0 spiro atoms. The van der Waals surface area contributed by atoms with E-state index in [2.05, 4.69) is 11.9 Å². The van der Waals surface area contributed by atoms with Gasteiger partial charge >= 0.3 is 0 Å². The summed E-state index contributed by atoms with van der Waals surface area (Å²) in [5.74, 6) is -0.103. The van der Waals surface area contributed by atoms with Crippen LogP contribution in [-0.2, 0) is 11.2 Å². The summed E-state index contributed by atoms with van der Waals surface area (Å²) < 4.78 is 0. The van der Waals surface area contributed by atoms with Gasteiger partial charge in [-0.1, -0.05) is 49.1 Å². The number of amides is 1. The maximum atomic E-state index is 11.5. The van der Waals surface area contributed by atoms with E-state index in [0.717, 1.165) is 6.42 Å². The molecule has 0 saturated carbocycles. The summed E-state index contributed by atoms with van der Waals surface area (Å²) in [6.45, 7) is 6.17. The summed E-state index contributed by atoms with van der Waals surface area (Å²) in [6.07, 6.45) is 4.35. The molecule has 0 unspecified atom stereocenters. The fraction of sp³-hybridized carbons (Fsp3) is 0.214. The first-order valence-corrected chi connectivity index (χ1v) is 5.37. The van der Waals surface area contributed by atoms with Gasteiger partial charge in [-0.2, -0.15) is 0 Å². The predicted octanol–water partition coefficient (Wildman–Crippen LogP) is 2.48. The highest BCUT2D eigenvalue weighted by Gasteiger charge is 2.01. The molecule has 1 amide bonds. The van der Waals surface area contributed by atoms with E-state index in [4.69, 9.17) is 0 Å². The number of carbonyl (C=O) groups excluding carboxylic acids is 1. The molecule has 0 heterocycles. The summed E-state index contributed by atoms with van der Waals surface area (Å²) in [4.78, 5) is 11.5. The van der Waals surface area contributed by atoms with Crippen molar-refractivity contribution in [1.82, 2.24) is 5.32 Å². The molecule has 0 radical (unpaired) electrons. The van der Waals surface area contributed by atoms with E-state index in [1.807, 2.05) is 37.3 Å². The van der Waals surface area contributed by atoms with Gasteiger partial charge in [-0.15, -0.1) is 0 Å². The standard InChI is InChI=1S/C14H17NO/c1-3-7-12(2)14(16)15-11-10-13-8-5-4-6-9-13/h3-9H,2,10-11H2,1H3,(H,15,16). The number of hydrogen-bond acceptors (Lipinski definition) is 1. The minimum Gasteiger partial charge on any atom is -0.352 e. The molecule has 0 aliphatic rings. The number of nitrogens with one attached hydrogen (secondary N) is 1. The summed E-state index contributed by atoms with van der Waals surface area (Å²) in [7, 11) is 0.